The van der Waals surface area contributed by atoms with Gasteiger partial charge >= 0.3 is 0 Å². The molecule has 0 aliphatic carbocycles. The van der Waals surface area contributed by atoms with Crippen molar-refractivity contribution in [2.45, 2.75) is 6.42 Å². The van der Waals surface area contributed by atoms with E-state index >= 15 is 0 Å². The summed E-state index contributed by atoms with van der Waals surface area (Å²) in [6, 6.07) is 10.2. The van der Waals surface area contributed by atoms with Crippen molar-refractivity contribution in [3.05, 3.63) is 59.9 Å². The van der Waals surface area contributed by atoms with Crippen LogP contribution in [-0.4, -0.2) is 22.2 Å². The highest BCUT2D eigenvalue weighted by atomic mass is 16.3. The molecule has 1 amide bonds. The average Bonchev–Trinajstić information content (AvgIpc) is 2.40. The molecule has 1 aromatic carbocycles. The van der Waals surface area contributed by atoms with Crippen LogP contribution in [0.1, 0.15) is 11.1 Å². The first-order valence-corrected chi connectivity index (χ1v) is 5.74. The maximum Gasteiger partial charge on any atom is 0.244 e. The van der Waals surface area contributed by atoms with Crippen molar-refractivity contribution >= 4 is 12.1 Å². The van der Waals surface area contributed by atoms with Crippen LogP contribution >= 0.6 is 0 Å². The van der Waals surface area contributed by atoms with E-state index in [4.69, 9.17) is 0 Å². The van der Waals surface area contributed by atoms with Gasteiger partial charge in [-0.15, -0.1) is 0 Å². The number of aromatic nitrogens is 1. The summed E-state index contributed by atoms with van der Waals surface area (Å²) in [4.78, 5) is 15.5. The molecular weight excluding hydrogens is 242 g/mol. The van der Waals surface area contributed by atoms with Gasteiger partial charge < -0.3 is 5.11 Å². The van der Waals surface area contributed by atoms with Gasteiger partial charge in [-0.1, -0.05) is 12.1 Å². The third-order valence-electron chi connectivity index (χ3n) is 2.39. The summed E-state index contributed by atoms with van der Waals surface area (Å²) in [7, 11) is 0. The zero-order chi connectivity index (χ0) is 13.5. The standard InChI is InChI=1S/C14H13N3O2/c18-13-3-1-2-12(8-13)10-16-17-14(19)9-11-4-6-15-7-5-11/h1-8,10,18H,9H2,(H,17,19)/b16-10-. The molecule has 0 unspecified atom stereocenters. The second-order valence-corrected chi connectivity index (χ2v) is 3.92. The molecule has 0 saturated carbocycles. The van der Waals surface area contributed by atoms with Crippen LogP contribution in [0.2, 0.25) is 0 Å². The molecule has 5 heteroatoms. The van der Waals surface area contributed by atoms with E-state index in [1.807, 2.05) is 0 Å². The fourth-order valence-electron chi connectivity index (χ4n) is 1.51. The highest BCUT2D eigenvalue weighted by Crippen LogP contribution is 2.08. The molecule has 1 heterocycles. The molecule has 0 aliphatic heterocycles. The summed E-state index contributed by atoms with van der Waals surface area (Å²) >= 11 is 0. The van der Waals surface area contributed by atoms with Gasteiger partial charge in [0.05, 0.1) is 12.6 Å². The van der Waals surface area contributed by atoms with Gasteiger partial charge in [-0.3, -0.25) is 9.78 Å². The van der Waals surface area contributed by atoms with Gasteiger partial charge in [-0.05, 0) is 35.4 Å². The highest BCUT2D eigenvalue weighted by molar-refractivity contribution is 5.83. The number of benzene rings is 1. The van der Waals surface area contributed by atoms with Crippen LogP contribution in [0.4, 0.5) is 0 Å². The van der Waals surface area contributed by atoms with Crippen LogP contribution < -0.4 is 5.43 Å². The topological polar surface area (TPSA) is 74.6 Å². The van der Waals surface area contributed by atoms with Crippen LogP contribution in [-0.2, 0) is 11.2 Å². The SMILES string of the molecule is O=C(Cc1ccncc1)N/N=C\c1cccc(O)c1. The lowest BCUT2D eigenvalue weighted by atomic mass is 10.2. The molecule has 0 spiro atoms. The number of aromatic hydroxyl groups is 1. The molecule has 2 aromatic rings. The third-order valence-corrected chi connectivity index (χ3v) is 2.39. The van der Waals surface area contributed by atoms with E-state index in [9.17, 15) is 9.90 Å². The fourth-order valence-corrected chi connectivity index (χ4v) is 1.51. The van der Waals surface area contributed by atoms with Gasteiger partial charge in [0, 0.05) is 12.4 Å². The number of hydrogen-bond acceptors (Lipinski definition) is 4. The minimum Gasteiger partial charge on any atom is -0.508 e. The van der Waals surface area contributed by atoms with Crippen molar-refractivity contribution in [1.82, 2.24) is 10.4 Å². The Morgan fingerprint density at radius 3 is 2.84 bits per heavy atom. The predicted molar refractivity (Wildman–Crippen MR) is 71.8 cm³/mol. The Morgan fingerprint density at radius 2 is 2.11 bits per heavy atom. The quantitative estimate of drug-likeness (QED) is 0.642. The number of amides is 1. The van der Waals surface area contributed by atoms with Crippen molar-refractivity contribution < 1.29 is 9.90 Å². The minimum absolute atomic E-state index is 0.159. The lowest BCUT2D eigenvalue weighted by Gasteiger charge is -1.99. The zero-order valence-corrected chi connectivity index (χ0v) is 10.2. The fraction of sp³-hybridized carbons (Fsp3) is 0.0714. The van der Waals surface area contributed by atoms with Crippen molar-refractivity contribution in [1.29, 1.82) is 0 Å². The Bertz CT molecular complexity index is 582. The summed E-state index contributed by atoms with van der Waals surface area (Å²) in [5.41, 5.74) is 4.01. The monoisotopic (exact) mass is 255 g/mol. The molecule has 0 bridgehead atoms. The molecule has 2 rings (SSSR count). The van der Waals surface area contributed by atoms with Crippen molar-refractivity contribution in [2.24, 2.45) is 5.10 Å². The number of nitrogens with zero attached hydrogens (tertiary/aromatic N) is 2. The number of carbonyl (C=O) groups excluding carboxylic acids is 1. The molecule has 5 nitrogen and oxygen atoms in total. The summed E-state index contributed by atoms with van der Waals surface area (Å²) < 4.78 is 0. The number of phenols is 1. The second-order valence-electron chi connectivity index (χ2n) is 3.92. The Balaban J connectivity index is 1.87. The van der Waals surface area contributed by atoms with Crippen LogP contribution in [0.25, 0.3) is 0 Å². The van der Waals surface area contributed by atoms with Crippen LogP contribution in [0.5, 0.6) is 5.75 Å². The summed E-state index contributed by atoms with van der Waals surface area (Å²) in [5, 5.41) is 13.1. The summed E-state index contributed by atoms with van der Waals surface area (Å²) in [5.74, 6) is -0.0466. The van der Waals surface area contributed by atoms with Gasteiger partial charge in [-0.2, -0.15) is 5.10 Å². The van der Waals surface area contributed by atoms with Crippen molar-refractivity contribution in [3.8, 4) is 5.75 Å². The number of hydrogen-bond donors (Lipinski definition) is 2. The van der Waals surface area contributed by atoms with Crippen molar-refractivity contribution in [2.75, 3.05) is 0 Å². The van der Waals surface area contributed by atoms with Gasteiger partial charge in [-0.25, -0.2) is 5.43 Å². The van der Waals surface area contributed by atoms with E-state index in [1.165, 1.54) is 6.21 Å². The average molecular weight is 255 g/mol. The van der Waals surface area contributed by atoms with Crippen LogP contribution in [0, 0.1) is 0 Å². The minimum atomic E-state index is -0.206. The van der Waals surface area contributed by atoms with E-state index in [0.29, 0.717) is 5.56 Å². The Kier molecular flexibility index (Phi) is 4.23. The predicted octanol–water partition coefficient (Wildman–Crippen LogP) is 1.48. The number of nitrogens with one attached hydrogen (secondary N) is 1. The van der Waals surface area contributed by atoms with Gasteiger partial charge in [0.25, 0.3) is 0 Å². The Labute approximate surface area is 110 Å². The molecule has 0 atom stereocenters. The van der Waals surface area contributed by atoms with Crippen LogP contribution in [0.3, 0.4) is 0 Å². The van der Waals surface area contributed by atoms with E-state index in [1.54, 1.807) is 48.8 Å². The molecule has 0 aliphatic rings. The molecule has 19 heavy (non-hydrogen) atoms. The lowest BCUT2D eigenvalue weighted by Crippen LogP contribution is -2.19. The van der Waals surface area contributed by atoms with Gasteiger partial charge in [0.15, 0.2) is 0 Å². The summed E-state index contributed by atoms with van der Waals surface area (Å²) in [6.07, 6.45) is 5.00. The molecular formula is C14H13N3O2. The number of phenolic OH excluding ortho intramolecular Hbond substituents is 1. The maximum absolute atomic E-state index is 11.6. The first-order chi connectivity index (χ1) is 9.24. The van der Waals surface area contributed by atoms with E-state index < -0.39 is 0 Å². The number of carbonyl (C=O) groups is 1. The highest BCUT2D eigenvalue weighted by Gasteiger charge is 2.00. The number of rotatable bonds is 4. The molecule has 96 valence electrons. The Morgan fingerprint density at radius 1 is 1.32 bits per heavy atom. The molecule has 1 aromatic heterocycles. The molecule has 0 saturated heterocycles. The number of pyridine rings is 1. The van der Waals surface area contributed by atoms with E-state index in [0.717, 1.165) is 5.56 Å². The lowest BCUT2D eigenvalue weighted by molar-refractivity contribution is -0.120. The van der Waals surface area contributed by atoms with Crippen molar-refractivity contribution in [3.63, 3.8) is 0 Å². The zero-order valence-electron chi connectivity index (χ0n) is 10.2. The molecule has 0 radical (unpaired) electrons. The molecule has 2 N–H and O–H groups in total. The normalized spacial score (nSPS) is 10.5. The Hall–Kier alpha value is -2.69. The second kappa shape index (κ2) is 6.30. The van der Waals surface area contributed by atoms with Crippen LogP contribution in [0.15, 0.2) is 53.9 Å². The van der Waals surface area contributed by atoms with Gasteiger partial charge in [0.1, 0.15) is 5.75 Å². The summed E-state index contributed by atoms with van der Waals surface area (Å²) in [6.45, 7) is 0. The largest absolute Gasteiger partial charge is 0.508 e. The number of hydrazone groups is 1. The van der Waals surface area contributed by atoms with Gasteiger partial charge in [0.2, 0.25) is 5.91 Å². The smallest absolute Gasteiger partial charge is 0.244 e. The third kappa shape index (κ3) is 4.23. The first-order valence-electron chi connectivity index (χ1n) is 5.74. The molecule has 0 fully saturated rings. The van der Waals surface area contributed by atoms with E-state index in [-0.39, 0.29) is 18.1 Å². The van der Waals surface area contributed by atoms with E-state index in [2.05, 4.69) is 15.5 Å². The maximum atomic E-state index is 11.6. The first kappa shape index (κ1) is 12.8.